The van der Waals surface area contributed by atoms with Gasteiger partial charge in [0.1, 0.15) is 5.78 Å². The number of para-hydroxylation sites is 1. The number of fused-ring (bicyclic) bond motifs is 1. The molecule has 1 aliphatic heterocycles. The summed E-state index contributed by atoms with van der Waals surface area (Å²) in [5, 5.41) is 8.75. The summed E-state index contributed by atoms with van der Waals surface area (Å²) in [7, 11) is 1.92. The number of Topliss-reactive ketones (excluding diaryl/α,β-unsaturated/α-hetero) is 1. The van der Waals surface area contributed by atoms with E-state index in [-0.39, 0.29) is 0 Å². The Morgan fingerprint density at radius 2 is 2.22 bits per heavy atom. The van der Waals surface area contributed by atoms with Crippen molar-refractivity contribution in [1.82, 2.24) is 15.1 Å². The van der Waals surface area contributed by atoms with E-state index in [1.807, 2.05) is 36.0 Å². The monoisotopic (exact) mass is 243 g/mol. The largest absolute Gasteiger partial charge is 0.316 e. The van der Waals surface area contributed by atoms with Gasteiger partial charge in [-0.05, 0) is 25.1 Å². The van der Waals surface area contributed by atoms with Crippen LogP contribution in [-0.4, -0.2) is 28.7 Å². The number of ketones is 1. The maximum atomic E-state index is 12.0. The van der Waals surface area contributed by atoms with Crippen LogP contribution < -0.4 is 5.32 Å². The standard InChI is InChI=1S/C14H17N3O/c1-17-14-5-3-2-4-12(14)13(16-17)7-11(18)6-10-8-15-9-10/h2-5,10,15H,6-9H2,1H3. The number of aryl methyl sites for hydroxylation is 1. The molecule has 18 heavy (non-hydrogen) atoms. The van der Waals surface area contributed by atoms with Crippen molar-refractivity contribution in [2.45, 2.75) is 12.8 Å². The molecule has 0 aliphatic carbocycles. The SMILES string of the molecule is Cn1nc(CC(=O)CC2CNC2)c2ccccc21. The number of carbonyl (C=O) groups excluding carboxylic acids is 1. The molecule has 1 N–H and O–H groups in total. The van der Waals surface area contributed by atoms with Crippen LogP contribution in [0.15, 0.2) is 24.3 Å². The van der Waals surface area contributed by atoms with Gasteiger partial charge in [0.05, 0.1) is 17.6 Å². The average Bonchev–Trinajstić information content (AvgIpc) is 2.62. The fourth-order valence-electron chi connectivity index (χ4n) is 2.49. The second-order valence-corrected chi connectivity index (χ2v) is 5.03. The lowest BCUT2D eigenvalue weighted by atomic mass is 9.95. The Bertz CT molecular complexity index is 584. The summed E-state index contributed by atoms with van der Waals surface area (Å²) < 4.78 is 1.85. The minimum atomic E-state index is 0.297. The zero-order valence-electron chi connectivity index (χ0n) is 10.5. The molecule has 2 heterocycles. The van der Waals surface area contributed by atoms with Gasteiger partial charge in [0.15, 0.2) is 0 Å². The minimum absolute atomic E-state index is 0.297. The van der Waals surface area contributed by atoms with Gasteiger partial charge in [-0.15, -0.1) is 0 Å². The quantitative estimate of drug-likeness (QED) is 0.880. The molecule has 0 unspecified atom stereocenters. The number of nitrogens with one attached hydrogen (secondary N) is 1. The number of hydrogen-bond acceptors (Lipinski definition) is 3. The highest BCUT2D eigenvalue weighted by Crippen LogP contribution is 2.19. The first-order valence-corrected chi connectivity index (χ1v) is 6.37. The predicted molar refractivity (Wildman–Crippen MR) is 70.4 cm³/mol. The van der Waals surface area contributed by atoms with Crippen molar-refractivity contribution in [3.05, 3.63) is 30.0 Å². The lowest BCUT2D eigenvalue weighted by molar-refractivity contribution is -0.119. The highest BCUT2D eigenvalue weighted by atomic mass is 16.1. The van der Waals surface area contributed by atoms with E-state index < -0.39 is 0 Å². The van der Waals surface area contributed by atoms with E-state index in [2.05, 4.69) is 10.4 Å². The third kappa shape index (κ3) is 2.04. The summed E-state index contributed by atoms with van der Waals surface area (Å²) in [6.45, 7) is 1.96. The fourth-order valence-corrected chi connectivity index (χ4v) is 2.49. The third-order valence-electron chi connectivity index (χ3n) is 3.58. The smallest absolute Gasteiger partial charge is 0.139 e. The van der Waals surface area contributed by atoms with Crippen molar-refractivity contribution in [2.24, 2.45) is 13.0 Å². The zero-order chi connectivity index (χ0) is 12.5. The minimum Gasteiger partial charge on any atom is -0.316 e. The van der Waals surface area contributed by atoms with Crippen LogP contribution in [0.2, 0.25) is 0 Å². The van der Waals surface area contributed by atoms with Crippen LogP contribution in [-0.2, 0) is 18.3 Å². The molecule has 2 aromatic rings. The summed E-state index contributed by atoms with van der Waals surface area (Å²) in [5.74, 6) is 0.831. The Morgan fingerprint density at radius 1 is 1.44 bits per heavy atom. The molecule has 1 aliphatic rings. The highest BCUT2D eigenvalue weighted by molar-refractivity contribution is 5.88. The predicted octanol–water partition coefficient (Wildman–Crippen LogP) is 1.29. The van der Waals surface area contributed by atoms with Crippen LogP contribution in [0.4, 0.5) is 0 Å². The first kappa shape index (κ1) is 11.4. The number of carbonyl (C=O) groups is 1. The average molecular weight is 243 g/mol. The molecule has 1 fully saturated rings. The molecule has 0 radical (unpaired) electrons. The molecular weight excluding hydrogens is 226 g/mol. The van der Waals surface area contributed by atoms with Gasteiger partial charge in [0, 0.05) is 18.9 Å². The molecule has 4 nitrogen and oxygen atoms in total. The molecular formula is C14H17N3O. The van der Waals surface area contributed by atoms with Crippen LogP contribution in [0.3, 0.4) is 0 Å². The molecule has 1 aromatic carbocycles. The van der Waals surface area contributed by atoms with Gasteiger partial charge in [-0.2, -0.15) is 5.10 Å². The Kier molecular flexibility index (Phi) is 2.88. The molecule has 94 valence electrons. The second-order valence-electron chi connectivity index (χ2n) is 5.03. The number of hydrogen-bond donors (Lipinski definition) is 1. The summed E-state index contributed by atoms with van der Waals surface area (Å²) in [6, 6.07) is 8.06. The summed E-state index contributed by atoms with van der Waals surface area (Å²) in [5.41, 5.74) is 2.00. The Hall–Kier alpha value is -1.68. The molecule has 3 rings (SSSR count). The van der Waals surface area contributed by atoms with Crippen molar-refractivity contribution < 1.29 is 4.79 Å². The maximum absolute atomic E-state index is 12.0. The van der Waals surface area contributed by atoms with E-state index in [0.717, 1.165) is 29.7 Å². The van der Waals surface area contributed by atoms with Crippen molar-refractivity contribution >= 4 is 16.7 Å². The van der Waals surface area contributed by atoms with Gasteiger partial charge in [0.2, 0.25) is 0 Å². The van der Waals surface area contributed by atoms with E-state index in [1.165, 1.54) is 0 Å². The molecule has 1 aromatic heterocycles. The van der Waals surface area contributed by atoms with Crippen molar-refractivity contribution in [3.63, 3.8) is 0 Å². The zero-order valence-corrected chi connectivity index (χ0v) is 10.5. The normalized spacial score (nSPS) is 15.8. The van der Waals surface area contributed by atoms with Crippen LogP contribution in [0.1, 0.15) is 12.1 Å². The Balaban J connectivity index is 1.79. The fraction of sp³-hybridized carbons (Fsp3) is 0.429. The molecule has 0 bridgehead atoms. The van der Waals surface area contributed by atoms with Crippen molar-refractivity contribution in [1.29, 1.82) is 0 Å². The summed E-state index contributed by atoms with van der Waals surface area (Å²) in [4.78, 5) is 12.0. The molecule has 0 amide bonds. The topological polar surface area (TPSA) is 46.9 Å². The van der Waals surface area contributed by atoms with Crippen molar-refractivity contribution in [2.75, 3.05) is 13.1 Å². The molecule has 4 heteroatoms. The van der Waals surface area contributed by atoms with Gasteiger partial charge in [-0.3, -0.25) is 9.48 Å². The van der Waals surface area contributed by atoms with Crippen LogP contribution >= 0.6 is 0 Å². The van der Waals surface area contributed by atoms with Gasteiger partial charge in [-0.1, -0.05) is 18.2 Å². The van der Waals surface area contributed by atoms with Gasteiger partial charge < -0.3 is 5.32 Å². The lowest BCUT2D eigenvalue weighted by Crippen LogP contribution is -2.43. The van der Waals surface area contributed by atoms with E-state index in [4.69, 9.17) is 0 Å². The second kappa shape index (κ2) is 4.53. The van der Waals surface area contributed by atoms with Gasteiger partial charge in [0.25, 0.3) is 0 Å². The first-order chi connectivity index (χ1) is 8.74. The van der Waals surface area contributed by atoms with Crippen LogP contribution in [0.5, 0.6) is 0 Å². The number of nitrogens with zero attached hydrogens (tertiary/aromatic N) is 2. The maximum Gasteiger partial charge on any atom is 0.139 e. The highest BCUT2D eigenvalue weighted by Gasteiger charge is 2.21. The van der Waals surface area contributed by atoms with E-state index in [0.29, 0.717) is 24.5 Å². The lowest BCUT2D eigenvalue weighted by Gasteiger charge is -2.26. The molecule has 1 saturated heterocycles. The van der Waals surface area contributed by atoms with E-state index >= 15 is 0 Å². The number of aromatic nitrogens is 2. The Morgan fingerprint density at radius 3 is 2.94 bits per heavy atom. The summed E-state index contributed by atoms with van der Waals surface area (Å²) >= 11 is 0. The molecule has 0 saturated carbocycles. The molecule has 0 spiro atoms. The number of benzene rings is 1. The van der Waals surface area contributed by atoms with E-state index in [1.54, 1.807) is 0 Å². The van der Waals surface area contributed by atoms with Crippen molar-refractivity contribution in [3.8, 4) is 0 Å². The first-order valence-electron chi connectivity index (χ1n) is 6.37. The third-order valence-corrected chi connectivity index (χ3v) is 3.58. The Labute approximate surface area is 106 Å². The van der Waals surface area contributed by atoms with Crippen LogP contribution in [0.25, 0.3) is 10.9 Å². The van der Waals surface area contributed by atoms with Crippen LogP contribution in [0, 0.1) is 5.92 Å². The summed E-state index contributed by atoms with van der Waals surface area (Å²) in [6.07, 6.45) is 1.13. The van der Waals surface area contributed by atoms with E-state index in [9.17, 15) is 4.79 Å². The number of rotatable bonds is 4. The molecule has 0 atom stereocenters. The van der Waals surface area contributed by atoms with Gasteiger partial charge in [-0.25, -0.2) is 0 Å². The van der Waals surface area contributed by atoms with Gasteiger partial charge >= 0.3 is 0 Å².